The molecular formula is C17H15ClN2. The van der Waals surface area contributed by atoms with E-state index in [1.54, 1.807) is 6.20 Å². The first-order valence-corrected chi connectivity index (χ1v) is 7.11. The average Bonchev–Trinajstić information content (AvgIpc) is 2.98. The van der Waals surface area contributed by atoms with E-state index in [4.69, 9.17) is 11.6 Å². The quantitative estimate of drug-likeness (QED) is 0.709. The Kier molecular flexibility index (Phi) is 3.84. The van der Waals surface area contributed by atoms with Crippen molar-refractivity contribution in [3.05, 3.63) is 89.5 Å². The monoisotopic (exact) mass is 282 g/mol. The Hall–Kier alpha value is -2.06. The zero-order valence-corrected chi connectivity index (χ0v) is 11.7. The number of nitrogens with zero attached hydrogens (tertiary/aromatic N) is 1. The summed E-state index contributed by atoms with van der Waals surface area (Å²) < 4.78 is 0. The minimum absolute atomic E-state index is 0.106. The fourth-order valence-electron chi connectivity index (χ4n) is 2.39. The van der Waals surface area contributed by atoms with Gasteiger partial charge in [0, 0.05) is 11.9 Å². The summed E-state index contributed by atoms with van der Waals surface area (Å²) in [6.07, 6.45) is 1.81. The molecule has 2 nitrogen and oxygen atoms in total. The minimum atomic E-state index is 0.106. The van der Waals surface area contributed by atoms with Crippen molar-refractivity contribution in [1.29, 1.82) is 0 Å². The Morgan fingerprint density at radius 2 is 1.45 bits per heavy atom. The van der Waals surface area contributed by atoms with Crippen molar-refractivity contribution in [2.24, 2.45) is 0 Å². The third-order valence-corrected chi connectivity index (χ3v) is 3.62. The van der Waals surface area contributed by atoms with Gasteiger partial charge in [-0.05, 0) is 11.1 Å². The Morgan fingerprint density at radius 3 is 1.90 bits per heavy atom. The second kappa shape index (κ2) is 5.93. The Labute approximate surface area is 123 Å². The highest BCUT2D eigenvalue weighted by Crippen LogP contribution is 2.29. The van der Waals surface area contributed by atoms with Gasteiger partial charge in [-0.3, -0.25) is 0 Å². The van der Waals surface area contributed by atoms with Crippen LogP contribution >= 0.6 is 11.6 Å². The highest BCUT2D eigenvalue weighted by Gasteiger charge is 2.19. The van der Waals surface area contributed by atoms with Gasteiger partial charge >= 0.3 is 0 Å². The van der Waals surface area contributed by atoms with Gasteiger partial charge in [-0.1, -0.05) is 60.7 Å². The molecule has 0 aliphatic heterocycles. The summed E-state index contributed by atoms with van der Waals surface area (Å²) in [5.74, 6) is 1.48. The van der Waals surface area contributed by atoms with Gasteiger partial charge in [0.2, 0.25) is 0 Å². The SMILES string of the molecule is ClCc1cnc(C(c2ccccc2)c2ccccc2)[nH]1. The summed E-state index contributed by atoms with van der Waals surface area (Å²) >= 11 is 5.87. The van der Waals surface area contributed by atoms with Crippen molar-refractivity contribution >= 4 is 11.6 Å². The lowest BCUT2D eigenvalue weighted by Gasteiger charge is -2.15. The lowest BCUT2D eigenvalue weighted by Crippen LogP contribution is -2.05. The molecule has 2 aromatic carbocycles. The zero-order valence-electron chi connectivity index (χ0n) is 11.0. The number of H-pyrrole nitrogens is 1. The lowest BCUT2D eigenvalue weighted by molar-refractivity contribution is 0.879. The molecule has 0 saturated heterocycles. The topological polar surface area (TPSA) is 28.7 Å². The molecule has 0 spiro atoms. The van der Waals surface area contributed by atoms with E-state index in [2.05, 4.69) is 58.5 Å². The summed E-state index contributed by atoms with van der Waals surface area (Å²) in [6.45, 7) is 0. The molecule has 0 aliphatic carbocycles. The number of hydrogen-bond donors (Lipinski definition) is 1. The molecule has 0 bridgehead atoms. The molecule has 1 heterocycles. The van der Waals surface area contributed by atoms with Crippen LogP contribution in [0.2, 0.25) is 0 Å². The predicted molar refractivity (Wildman–Crippen MR) is 82.0 cm³/mol. The number of alkyl halides is 1. The molecule has 1 aromatic heterocycles. The van der Waals surface area contributed by atoms with E-state index in [1.165, 1.54) is 11.1 Å². The summed E-state index contributed by atoms with van der Waals surface area (Å²) in [6, 6.07) is 20.8. The van der Waals surface area contributed by atoms with Crippen molar-refractivity contribution in [3.8, 4) is 0 Å². The van der Waals surface area contributed by atoms with Gasteiger partial charge in [-0.15, -0.1) is 11.6 Å². The van der Waals surface area contributed by atoms with Crippen LogP contribution in [0.5, 0.6) is 0 Å². The van der Waals surface area contributed by atoms with E-state index >= 15 is 0 Å². The summed E-state index contributed by atoms with van der Waals surface area (Å²) in [5, 5.41) is 0. The van der Waals surface area contributed by atoms with Crippen molar-refractivity contribution in [2.75, 3.05) is 0 Å². The maximum absolute atomic E-state index is 5.87. The normalized spacial score (nSPS) is 10.9. The van der Waals surface area contributed by atoms with E-state index in [0.717, 1.165) is 11.5 Å². The number of nitrogens with one attached hydrogen (secondary N) is 1. The second-order valence-electron chi connectivity index (χ2n) is 4.68. The highest BCUT2D eigenvalue weighted by atomic mass is 35.5. The standard InChI is InChI=1S/C17H15ClN2/c18-11-15-12-19-17(20-15)16(13-7-3-1-4-8-13)14-9-5-2-6-10-14/h1-10,12,16H,11H2,(H,19,20). The van der Waals surface area contributed by atoms with Gasteiger partial charge in [0.05, 0.1) is 11.8 Å². The fraction of sp³-hybridized carbons (Fsp3) is 0.118. The molecule has 0 radical (unpaired) electrons. The first-order valence-electron chi connectivity index (χ1n) is 6.58. The molecular weight excluding hydrogens is 268 g/mol. The van der Waals surface area contributed by atoms with Crippen molar-refractivity contribution < 1.29 is 0 Å². The maximum Gasteiger partial charge on any atom is 0.118 e. The number of rotatable bonds is 4. The molecule has 3 heteroatoms. The van der Waals surface area contributed by atoms with Crippen LogP contribution in [0.15, 0.2) is 66.9 Å². The predicted octanol–water partition coefficient (Wildman–Crippen LogP) is 4.33. The number of imidazole rings is 1. The molecule has 3 aromatic rings. The molecule has 100 valence electrons. The Morgan fingerprint density at radius 1 is 0.900 bits per heavy atom. The number of aromatic amines is 1. The van der Waals surface area contributed by atoms with E-state index in [0.29, 0.717) is 5.88 Å². The van der Waals surface area contributed by atoms with Gasteiger partial charge < -0.3 is 4.98 Å². The van der Waals surface area contributed by atoms with Crippen LogP contribution in [0.4, 0.5) is 0 Å². The third kappa shape index (κ3) is 2.61. The third-order valence-electron chi connectivity index (χ3n) is 3.33. The van der Waals surface area contributed by atoms with Crippen molar-refractivity contribution in [3.63, 3.8) is 0 Å². The van der Waals surface area contributed by atoms with Gasteiger partial charge in [0.1, 0.15) is 5.82 Å². The molecule has 0 unspecified atom stereocenters. The van der Waals surface area contributed by atoms with E-state index in [-0.39, 0.29) is 5.92 Å². The van der Waals surface area contributed by atoms with Crippen LogP contribution in [-0.2, 0) is 5.88 Å². The Balaban J connectivity index is 2.09. The molecule has 0 aliphatic rings. The summed E-state index contributed by atoms with van der Waals surface area (Å²) in [5.41, 5.74) is 3.38. The number of hydrogen-bond acceptors (Lipinski definition) is 1. The average molecular weight is 283 g/mol. The molecule has 1 N–H and O–H groups in total. The molecule has 20 heavy (non-hydrogen) atoms. The van der Waals surface area contributed by atoms with Crippen LogP contribution in [0.25, 0.3) is 0 Å². The van der Waals surface area contributed by atoms with Gasteiger partial charge in [-0.2, -0.15) is 0 Å². The number of halogens is 1. The highest BCUT2D eigenvalue weighted by molar-refractivity contribution is 6.16. The number of benzene rings is 2. The zero-order chi connectivity index (χ0) is 13.8. The molecule has 3 rings (SSSR count). The number of aromatic nitrogens is 2. The van der Waals surface area contributed by atoms with Crippen LogP contribution in [-0.4, -0.2) is 9.97 Å². The van der Waals surface area contributed by atoms with Crippen LogP contribution < -0.4 is 0 Å². The first kappa shape index (κ1) is 12.9. The first-order chi connectivity index (χ1) is 9.88. The van der Waals surface area contributed by atoms with E-state index < -0.39 is 0 Å². The second-order valence-corrected chi connectivity index (χ2v) is 4.95. The summed E-state index contributed by atoms with van der Waals surface area (Å²) in [7, 11) is 0. The van der Waals surface area contributed by atoms with Crippen molar-refractivity contribution in [1.82, 2.24) is 9.97 Å². The molecule has 0 saturated carbocycles. The molecule has 0 amide bonds. The maximum atomic E-state index is 5.87. The molecule has 0 atom stereocenters. The summed E-state index contributed by atoms with van der Waals surface area (Å²) in [4.78, 5) is 7.82. The molecule has 0 fully saturated rings. The van der Waals surface area contributed by atoms with Crippen LogP contribution in [0, 0.1) is 0 Å². The van der Waals surface area contributed by atoms with Crippen LogP contribution in [0.1, 0.15) is 28.6 Å². The Bertz CT molecular complexity index is 622. The lowest BCUT2D eigenvalue weighted by atomic mass is 9.91. The van der Waals surface area contributed by atoms with Crippen molar-refractivity contribution in [2.45, 2.75) is 11.8 Å². The fourth-order valence-corrected chi connectivity index (χ4v) is 2.53. The van der Waals surface area contributed by atoms with Crippen LogP contribution in [0.3, 0.4) is 0 Å². The minimum Gasteiger partial charge on any atom is -0.344 e. The van der Waals surface area contributed by atoms with Gasteiger partial charge in [0.15, 0.2) is 0 Å². The van der Waals surface area contributed by atoms with E-state index in [9.17, 15) is 0 Å². The van der Waals surface area contributed by atoms with E-state index in [1.807, 2.05) is 12.1 Å². The van der Waals surface area contributed by atoms with Gasteiger partial charge in [-0.25, -0.2) is 4.98 Å². The largest absolute Gasteiger partial charge is 0.344 e. The smallest absolute Gasteiger partial charge is 0.118 e. The van der Waals surface area contributed by atoms with Gasteiger partial charge in [0.25, 0.3) is 0 Å².